The minimum absolute atomic E-state index is 0.0951. The zero-order chi connectivity index (χ0) is 19.6. The Balaban J connectivity index is 1.96. The summed E-state index contributed by atoms with van der Waals surface area (Å²) >= 11 is 0. The summed E-state index contributed by atoms with van der Waals surface area (Å²) in [5.74, 6) is -0.0413. The van der Waals surface area contributed by atoms with E-state index in [9.17, 15) is 9.59 Å². The monoisotopic (exact) mass is 367 g/mol. The molecule has 0 spiro atoms. The molecule has 0 bridgehead atoms. The summed E-state index contributed by atoms with van der Waals surface area (Å²) in [6.45, 7) is 6.02. The molecule has 0 aliphatic rings. The fourth-order valence-electron chi connectivity index (χ4n) is 2.57. The molecule has 0 fully saturated rings. The number of hydrogen-bond acceptors (Lipinski definition) is 5. The molecule has 27 heavy (non-hydrogen) atoms. The molecule has 0 heterocycles. The van der Waals surface area contributed by atoms with Crippen molar-refractivity contribution in [2.45, 2.75) is 13.8 Å². The summed E-state index contributed by atoms with van der Waals surface area (Å²) in [5, 5.41) is 0. The van der Waals surface area contributed by atoms with E-state index >= 15 is 0 Å². The van der Waals surface area contributed by atoms with Crippen molar-refractivity contribution in [3.8, 4) is 5.75 Å². The fraction of sp³-hybridized carbons (Fsp3) is 0.273. The average Bonchev–Trinajstić information content (AvgIpc) is 2.72. The molecule has 5 heteroatoms. The van der Waals surface area contributed by atoms with Gasteiger partial charge < -0.3 is 14.4 Å². The Kier molecular flexibility index (Phi) is 7.62. The molecular formula is C22H25NO4. The van der Waals surface area contributed by atoms with Gasteiger partial charge in [0.05, 0.1) is 7.11 Å². The Morgan fingerprint density at radius 2 is 1.59 bits per heavy atom. The lowest BCUT2D eigenvalue weighted by molar-refractivity contribution is -0.142. The number of allylic oxidation sites excluding steroid dienone is 1. The molecule has 2 aromatic rings. The second-order valence-corrected chi connectivity index (χ2v) is 5.85. The summed E-state index contributed by atoms with van der Waals surface area (Å²) in [7, 11) is 1.30. The van der Waals surface area contributed by atoms with Crippen molar-refractivity contribution in [3.63, 3.8) is 0 Å². The zero-order valence-corrected chi connectivity index (χ0v) is 16.0. The van der Waals surface area contributed by atoms with Gasteiger partial charge in [0.25, 0.3) is 0 Å². The molecule has 0 saturated heterocycles. The number of benzene rings is 2. The number of anilines is 1. The van der Waals surface area contributed by atoms with Crippen molar-refractivity contribution in [1.82, 2.24) is 0 Å². The van der Waals surface area contributed by atoms with Crippen LogP contribution in [-0.4, -0.2) is 38.6 Å². The highest BCUT2D eigenvalue weighted by Crippen LogP contribution is 2.17. The van der Waals surface area contributed by atoms with Crippen molar-refractivity contribution >= 4 is 23.5 Å². The molecule has 0 aromatic heterocycles. The smallest absolute Gasteiger partial charge is 0.343 e. The van der Waals surface area contributed by atoms with Crippen LogP contribution in [-0.2, 0) is 9.53 Å². The van der Waals surface area contributed by atoms with Crippen LogP contribution in [0.2, 0.25) is 0 Å². The normalized spacial score (nSPS) is 10.6. The van der Waals surface area contributed by atoms with E-state index in [0.29, 0.717) is 11.3 Å². The standard InChI is InChI=1S/C22H25NO4/c1-4-23(5-2)19-11-6-17(7-12-19)8-15-21(24)18-9-13-20(14-10-18)27-16-22(25)26-3/h6-15H,4-5,16H2,1-3H3. The summed E-state index contributed by atoms with van der Waals surface area (Å²) in [4.78, 5) is 25.6. The van der Waals surface area contributed by atoms with Crippen molar-refractivity contribution < 1.29 is 19.1 Å². The lowest BCUT2D eigenvalue weighted by atomic mass is 10.1. The molecule has 0 aliphatic heterocycles. The summed E-state index contributed by atoms with van der Waals surface area (Å²) in [6.07, 6.45) is 3.35. The first-order valence-electron chi connectivity index (χ1n) is 8.94. The molecule has 2 rings (SSSR count). The molecule has 5 nitrogen and oxygen atoms in total. The average molecular weight is 367 g/mol. The highest BCUT2D eigenvalue weighted by atomic mass is 16.6. The summed E-state index contributed by atoms with van der Waals surface area (Å²) < 4.78 is 9.77. The Labute approximate surface area is 160 Å². The van der Waals surface area contributed by atoms with Crippen LogP contribution in [0.5, 0.6) is 5.75 Å². The number of esters is 1. The number of carbonyl (C=O) groups excluding carboxylic acids is 2. The van der Waals surface area contributed by atoms with Gasteiger partial charge in [-0.15, -0.1) is 0 Å². The molecule has 0 saturated carbocycles. The van der Waals surface area contributed by atoms with Crippen LogP contribution in [0.4, 0.5) is 5.69 Å². The fourth-order valence-corrected chi connectivity index (χ4v) is 2.57. The molecule has 2 aromatic carbocycles. The number of ether oxygens (including phenoxy) is 2. The van der Waals surface area contributed by atoms with Crippen LogP contribution in [0, 0.1) is 0 Å². The van der Waals surface area contributed by atoms with Gasteiger partial charge in [-0.25, -0.2) is 4.79 Å². The summed E-state index contributed by atoms with van der Waals surface area (Å²) in [5.41, 5.74) is 2.69. The predicted molar refractivity (Wildman–Crippen MR) is 107 cm³/mol. The van der Waals surface area contributed by atoms with Gasteiger partial charge in [-0.3, -0.25) is 4.79 Å². The molecular weight excluding hydrogens is 342 g/mol. The maximum absolute atomic E-state index is 12.3. The van der Waals surface area contributed by atoms with Gasteiger partial charge >= 0.3 is 5.97 Å². The maximum atomic E-state index is 12.3. The number of nitrogens with zero attached hydrogens (tertiary/aromatic N) is 1. The van der Waals surface area contributed by atoms with Gasteiger partial charge in [-0.1, -0.05) is 18.2 Å². The Morgan fingerprint density at radius 3 is 2.15 bits per heavy atom. The van der Waals surface area contributed by atoms with E-state index in [0.717, 1.165) is 18.7 Å². The first-order chi connectivity index (χ1) is 13.1. The van der Waals surface area contributed by atoms with Crippen molar-refractivity contribution in [2.75, 3.05) is 31.7 Å². The van der Waals surface area contributed by atoms with Gasteiger partial charge in [-0.05, 0) is 61.9 Å². The molecule has 0 unspecified atom stereocenters. The van der Waals surface area contributed by atoms with E-state index < -0.39 is 5.97 Å². The van der Waals surface area contributed by atoms with Gasteiger partial charge in [0.2, 0.25) is 0 Å². The van der Waals surface area contributed by atoms with Crippen molar-refractivity contribution in [2.24, 2.45) is 0 Å². The second kappa shape index (κ2) is 10.2. The minimum atomic E-state index is -0.454. The van der Waals surface area contributed by atoms with Crippen LogP contribution in [0.15, 0.2) is 54.6 Å². The molecule has 0 atom stereocenters. The van der Waals surface area contributed by atoms with Crippen LogP contribution in [0.25, 0.3) is 6.08 Å². The lowest BCUT2D eigenvalue weighted by Crippen LogP contribution is -2.21. The third kappa shape index (κ3) is 5.99. The third-order valence-corrected chi connectivity index (χ3v) is 4.17. The highest BCUT2D eigenvalue weighted by Gasteiger charge is 2.05. The highest BCUT2D eigenvalue weighted by molar-refractivity contribution is 6.06. The van der Waals surface area contributed by atoms with E-state index in [-0.39, 0.29) is 12.4 Å². The first kappa shape index (κ1) is 20.2. The van der Waals surface area contributed by atoms with Crippen LogP contribution in [0.3, 0.4) is 0 Å². The van der Waals surface area contributed by atoms with Crippen LogP contribution < -0.4 is 9.64 Å². The molecule has 142 valence electrons. The Hall–Kier alpha value is -3.08. The van der Waals surface area contributed by atoms with Crippen molar-refractivity contribution in [3.05, 3.63) is 65.7 Å². The molecule has 0 aliphatic carbocycles. The second-order valence-electron chi connectivity index (χ2n) is 5.85. The number of hydrogen-bond donors (Lipinski definition) is 0. The van der Waals surface area contributed by atoms with E-state index in [1.165, 1.54) is 12.8 Å². The van der Waals surface area contributed by atoms with Crippen molar-refractivity contribution in [1.29, 1.82) is 0 Å². The van der Waals surface area contributed by atoms with E-state index in [1.54, 1.807) is 36.4 Å². The van der Waals surface area contributed by atoms with E-state index in [1.807, 2.05) is 12.1 Å². The molecule has 0 amide bonds. The number of carbonyl (C=O) groups is 2. The number of rotatable bonds is 9. The zero-order valence-electron chi connectivity index (χ0n) is 16.0. The Morgan fingerprint density at radius 1 is 0.963 bits per heavy atom. The minimum Gasteiger partial charge on any atom is -0.482 e. The van der Waals surface area contributed by atoms with E-state index in [2.05, 4.69) is 35.6 Å². The maximum Gasteiger partial charge on any atom is 0.343 e. The number of methoxy groups -OCH3 is 1. The van der Waals surface area contributed by atoms with Gasteiger partial charge in [0, 0.05) is 24.3 Å². The molecule has 0 N–H and O–H groups in total. The largest absolute Gasteiger partial charge is 0.482 e. The van der Waals surface area contributed by atoms with Gasteiger partial charge in [0.1, 0.15) is 5.75 Å². The summed E-state index contributed by atoms with van der Waals surface area (Å²) in [6, 6.07) is 14.8. The quantitative estimate of drug-likeness (QED) is 0.381. The number of ketones is 1. The lowest BCUT2D eigenvalue weighted by Gasteiger charge is -2.20. The van der Waals surface area contributed by atoms with Crippen LogP contribution >= 0.6 is 0 Å². The predicted octanol–water partition coefficient (Wildman–Crippen LogP) is 3.98. The Bertz CT molecular complexity index is 775. The molecule has 0 radical (unpaired) electrons. The first-order valence-corrected chi connectivity index (χ1v) is 8.94. The van der Waals surface area contributed by atoms with Crippen LogP contribution in [0.1, 0.15) is 29.8 Å². The SMILES string of the molecule is CCN(CC)c1ccc(C=CC(=O)c2ccc(OCC(=O)OC)cc2)cc1. The van der Waals surface area contributed by atoms with Gasteiger partial charge in [-0.2, -0.15) is 0 Å². The van der Waals surface area contributed by atoms with Gasteiger partial charge in [0.15, 0.2) is 12.4 Å². The topological polar surface area (TPSA) is 55.8 Å². The third-order valence-electron chi connectivity index (χ3n) is 4.17. The van der Waals surface area contributed by atoms with E-state index in [4.69, 9.17) is 4.74 Å².